The second kappa shape index (κ2) is 11.4. The van der Waals surface area contributed by atoms with Gasteiger partial charge in [0.25, 0.3) is 5.91 Å². The Morgan fingerprint density at radius 1 is 1.04 bits per heavy atom. The average molecular weight is 624 g/mol. The number of rotatable bonds is 10. The number of fused-ring (bicyclic) bond motifs is 3. The molecule has 0 spiro atoms. The number of hydrogen-bond acceptors (Lipinski definition) is 9. The Balaban J connectivity index is 1.00. The summed E-state index contributed by atoms with van der Waals surface area (Å²) in [5, 5.41) is 7.75. The van der Waals surface area contributed by atoms with Gasteiger partial charge in [-0.2, -0.15) is 0 Å². The van der Waals surface area contributed by atoms with Crippen LogP contribution >= 0.6 is 0 Å². The van der Waals surface area contributed by atoms with Gasteiger partial charge in [-0.3, -0.25) is 9.36 Å². The summed E-state index contributed by atoms with van der Waals surface area (Å²) in [4.78, 5) is 26.8. The number of ether oxygens (including phenoxy) is 4. The Morgan fingerprint density at radius 2 is 1.85 bits per heavy atom. The van der Waals surface area contributed by atoms with Crippen LogP contribution in [-0.4, -0.2) is 73.8 Å². The monoisotopic (exact) mass is 623 g/mol. The molecule has 46 heavy (non-hydrogen) atoms. The van der Waals surface area contributed by atoms with Crippen LogP contribution in [-0.2, 0) is 32.0 Å². The van der Waals surface area contributed by atoms with Gasteiger partial charge in [0.2, 0.25) is 0 Å². The van der Waals surface area contributed by atoms with Gasteiger partial charge < -0.3 is 34.1 Å². The van der Waals surface area contributed by atoms with E-state index in [1.807, 2.05) is 30.5 Å². The number of nitrogens with one attached hydrogen (secondary N) is 2. The molecule has 5 heterocycles. The molecule has 2 N–H and O–H groups in total. The molecule has 1 saturated carbocycles. The molecule has 12 nitrogen and oxygen atoms in total. The number of benzene rings is 2. The van der Waals surface area contributed by atoms with E-state index in [4.69, 9.17) is 18.9 Å². The second-order valence-corrected chi connectivity index (χ2v) is 12.7. The Labute approximate surface area is 266 Å². The highest BCUT2D eigenvalue weighted by Crippen LogP contribution is 2.44. The van der Waals surface area contributed by atoms with E-state index in [2.05, 4.69) is 72.7 Å². The Morgan fingerprint density at radius 3 is 2.65 bits per heavy atom. The molecule has 0 radical (unpaired) electrons. The van der Waals surface area contributed by atoms with Crippen LogP contribution in [0.4, 0.5) is 5.82 Å². The topological polar surface area (TPSA) is 127 Å². The number of hydrogen-bond donors (Lipinski definition) is 2. The van der Waals surface area contributed by atoms with Gasteiger partial charge in [0.15, 0.2) is 35.1 Å². The molecular weight excluding hydrogens is 586 g/mol. The number of aromatic nitrogens is 5. The fourth-order valence-corrected chi connectivity index (χ4v) is 6.59. The number of carbonyl (C=O) groups excluding carboxylic acids is 1. The van der Waals surface area contributed by atoms with E-state index in [9.17, 15) is 4.79 Å². The third-order valence-electron chi connectivity index (χ3n) is 8.91. The molecule has 1 aliphatic carbocycles. The Hall–Kier alpha value is -4.52. The van der Waals surface area contributed by atoms with Crippen LogP contribution in [0, 0.1) is 0 Å². The lowest BCUT2D eigenvalue weighted by Crippen LogP contribution is -2.43. The highest BCUT2D eigenvalue weighted by Gasteiger charge is 2.58. The van der Waals surface area contributed by atoms with Crippen molar-refractivity contribution in [1.82, 2.24) is 29.4 Å². The lowest BCUT2D eigenvalue weighted by molar-refractivity contribution is -0.197. The van der Waals surface area contributed by atoms with E-state index in [1.54, 1.807) is 13.4 Å². The molecule has 1 amide bonds. The largest absolute Gasteiger partial charge is 0.497 e. The first kappa shape index (κ1) is 28.9. The minimum Gasteiger partial charge on any atom is -0.497 e. The third-order valence-corrected chi connectivity index (χ3v) is 8.91. The zero-order valence-corrected chi connectivity index (χ0v) is 26.1. The minimum absolute atomic E-state index is 0.173. The standard InChI is InChI=1S/C34H37N7O5/c1-34(2)45-27-28(32(42)39-22-10-11-22)44-33(29(27)46-34)41-19-38-26-30(36-18-37-31(26)41)35-15-14-21-17-40(25-7-5-4-6-24(21)25)16-20-8-12-23(43-3)13-9-20/h4-9,12-13,17-19,22,27-29,33H,10-11,14-16H2,1-3H3,(H,39,42)(H,35,36,37)/t27-,28+,29-,33-/m1/s1. The van der Waals surface area contributed by atoms with Gasteiger partial charge in [-0.1, -0.05) is 30.3 Å². The first-order valence-corrected chi connectivity index (χ1v) is 15.8. The van der Waals surface area contributed by atoms with Crippen molar-refractivity contribution in [2.24, 2.45) is 0 Å². The van der Waals surface area contributed by atoms with E-state index < -0.39 is 30.3 Å². The molecule has 3 aromatic heterocycles. The van der Waals surface area contributed by atoms with E-state index in [1.165, 1.54) is 28.4 Å². The summed E-state index contributed by atoms with van der Waals surface area (Å²) in [6.07, 6.45) is 5.73. The second-order valence-electron chi connectivity index (χ2n) is 12.7. The molecule has 0 unspecified atom stereocenters. The van der Waals surface area contributed by atoms with Gasteiger partial charge >= 0.3 is 0 Å². The van der Waals surface area contributed by atoms with Gasteiger partial charge in [0, 0.05) is 36.2 Å². The third kappa shape index (κ3) is 5.36. The highest BCUT2D eigenvalue weighted by molar-refractivity contribution is 5.85. The number of methoxy groups -OCH3 is 1. The molecule has 3 fully saturated rings. The van der Waals surface area contributed by atoms with Gasteiger partial charge in [0.05, 0.1) is 13.4 Å². The van der Waals surface area contributed by atoms with Gasteiger partial charge in [0.1, 0.15) is 24.3 Å². The maximum atomic E-state index is 13.1. The molecule has 4 atom stereocenters. The molecule has 2 aliphatic heterocycles. The zero-order chi connectivity index (χ0) is 31.4. The first-order chi connectivity index (χ1) is 22.4. The SMILES string of the molecule is COc1ccc(Cn2cc(CCNc3ncnc4c3ncn4[C@@H]3O[C@H](C(=O)NC4CC4)[C@H]4OC(C)(C)O[C@H]43)c3ccccc32)cc1. The number of anilines is 1. The fourth-order valence-electron chi connectivity index (χ4n) is 6.59. The van der Waals surface area contributed by atoms with Crippen molar-refractivity contribution in [1.29, 1.82) is 0 Å². The van der Waals surface area contributed by atoms with Gasteiger partial charge in [-0.05, 0) is 62.4 Å². The average Bonchev–Trinajstić information content (AvgIpc) is 3.35. The normalized spacial score (nSPS) is 23.5. The van der Waals surface area contributed by atoms with Crippen molar-refractivity contribution in [3.05, 3.63) is 78.5 Å². The summed E-state index contributed by atoms with van der Waals surface area (Å²) in [6, 6.07) is 16.9. The summed E-state index contributed by atoms with van der Waals surface area (Å²) in [5.41, 5.74) is 4.85. The molecule has 2 aromatic carbocycles. The molecule has 0 bridgehead atoms. The van der Waals surface area contributed by atoms with Crippen LogP contribution in [0.15, 0.2) is 67.4 Å². The van der Waals surface area contributed by atoms with E-state index in [0.717, 1.165) is 31.6 Å². The number of amides is 1. The first-order valence-electron chi connectivity index (χ1n) is 15.8. The van der Waals surface area contributed by atoms with Crippen LogP contribution < -0.4 is 15.4 Å². The van der Waals surface area contributed by atoms with Crippen LogP contribution in [0.3, 0.4) is 0 Å². The number of imidazole rings is 1. The van der Waals surface area contributed by atoms with Crippen LogP contribution in [0.1, 0.15) is 44.0 Å². The van der Waals surface area contributed by atoms with Crippen molar-refractivity contribution < 1.29 is 23.7 Å². The Kier molecular flexibility index (Phi) is 7.15. The number of carbonyl (C=O) groups is 1. The predicted molar refractivity (Wildman–Crippen MR) is 170 cm³/mol. The fraction of sp³-hybridized carbons (Fsp3) is 0.412. The van der Waals surface area contributed by atoms with Crippen molar-refractivity contribution in [2.75, 3.05) is 19.0 Å². The predicted octanol–water partition coefficient (Wildman–Crippen LogP) is 4.19. The van der Waals surface area contributed by atoms with Crippen molar-refractivity contribution in [2.45, 2.75) is 76.0 Å². The van der Waals surface area contributed by atoms with Crippen molar-refractivity contribution in [3.63, 3.8) is 0 Å². The molecule has 5 aromatic rings. The van der Waals surface area contributed by atoms with Crippen molar-refractivity contribution in [3.8, 4) is 5.75 Å². The maximum Gasteiger partial charge on any atom is 0.252 e. The summed E-state index contributed by atoms with van der Waals surface area (Å²) in [7, 11) is 1.68. The van der Waals surface area contributed by atoms with E-state index in [0.29, 0.717) is 23.5 Å². The summed E-state index contributed by atoms with van der Waals surface area (Å²) in [5.74, 6) is 0.466. The minimum atomic E-state index is -0.842. The Bertz CT molecular complexity index is 1900. The molecule has 2 saturated heterocycles. The molecule has 238 valence electrons. The summed E-state index contributed by atoms with van der Waals surface area (Å²) in [6.45, 7) is 5.12. The number of para-hydroxylation sites is 1. The van der Waals surface area contributed by atoms with Gasteiger partial charge in [-0.15, -0.1) is 0 Å². The van der Waals surface area contributed by atoms with Crippen LogP contribution in [0.25, 0.3) is 22.1 Å². The van der Waals surface area contributed by atoms with E-state index in [-0.39, 0.29) is 11.9 Å². The number of nitrogens with zero attached hydrogens (tertiary/aromatic N) is 5. The van der Waals surface area contributed by atoms with Crippen LogP contribution in [0.5, 0.6) is 5.75 Å². The quantitative estimate of drug-likeness (QED) is 0.236. The summed E-state index contributed by atoms with van der Waals surface area (Å²) >= 11 is 0. The smallest absolute Gasteiger partial charge is 0.252 e. The molecule has 12 heteroatoms. The maximum absolute atomic E-state index is 13.1. The van der Waals surface area contributed by atoms with Crippen LogP contribution in [0.2, 0.25) is 0 Å². The summed E-state index contributed by atoms with van der Waals surface area (Å²) < 4.78 is 28.1. The van der Waals surface area contributed by atoms with Crippen molar-refractivity contribution >= 4 is 33.8 Å². The lowest BCUT2D eigenvalue weighted by atomic mass is 10.1. The molecule has 3 aliphatic rings. The molecule has 8 rings (SSSR count). The molecular formula is C34H37N7O5. The van der Waals surface area contributed by atoms with E-state index >= 15 is 0 Å². The highest BCUT2D eigenvalue weighted by atomic mass is 16.8. The zero-order valence-electron chi connectivity index (χ0n) is 26.1. The van der Waals surface area contributed by atoms with Gasteiger partial charge in [-0.25, -0.2) is 15.0 Å². The lowest BCUT2D eigenvalue weighted by Gasteiger charge is -2.24.